The van der Waals surface area contributed by atoms with Crippen LogP contribution in [0.25, 0.3) is 0 Å². The fourth-order valence-corrected chi connectivity index (χ4v) is 6.57. The zero-order valence-electron chi connectivity index (χ0n) is 27.4. The zero-order chi connectivity index (χ0) is 34.7. The van der Waals surface area contributed by atoms with E-state index in [1.54, 1.807) is 31.2 Å². The maximum absolute atomic E-state index is 14.5. The second-order valence-corrected chi connectivity index (χ2v) is 12.6. The Labute approximate surface area is 281 Å². The van der Waals surface area contributed by atoms with Crippen molar-refractivity contribution in [3.05, 3.63) is 114 Å². The Kier molecular flexibility index (Phi) is 12.4. The van der Waals surface area contributed by atoms with Gasteiger partial charge >= 0.3 is 0 Å². The number of nitrogens with one attached hydrogen (secondary N) is 1. The van der Waals surface area contributed by atoms with Crippen molar-refractivity contribution < 1.29 is 36.6 Å². The number of likely N-dealkylation sites (N-methyl/N-ethyl adjacent to an activating group) is 1. The van der Waals surface area contributed by atoms with Crippen molar-refractivity contribution in [3.8, 4) is 17.2 Å². The molecule has 0 bridgehead atoms. The molecule has 4 aromatic rings. The van der Waals surface area contributed by atoms with Gasteiger partial charge in [0.2, 0.25) is 11.8 Å². The number of ether oxygens (including phenoxy) is 3. The van der Waals surface area contributed by atoms with Crippen LogP contribution < -0.4 is 23.8 Å². The van der Waals surface area contributed by atoms with Crippen LogP contribution >= 0.6 is 0 Å². The fourth-order valence-electron chi connectivity index (χ4n) is 5.14. The average Bonchev–Trinajstić information content (AvgIpc) is 3.10. The number of amides is 2. The van der Waals surface area contributed by atoms with Gasteiger partial charge in [-0.2, -0.15) is 0 Å². The molecule has 0 radical (unpaired) electrons. The van der Waals surface area contributed by atoms with E-state index in [0.717, 1.165) is 9.87 Å². The van der Waals surface area contributed by atoms with Crippen LogP contribution in [0.15, 0.2) is 102 Å². The molecule has 1 N–H and O–H groups in total. The van der Waals surface area contributed by atoms with Gasteiger partial charge in [0, 0.05) is 25.6 Å². The van der Waals surface area contributed by atoms with E-state index in [1.807, 2.05) is 37.3 Å². The highest BCUT2D eigenvalue weighted by Crippen LogP contribution is 2.33. The first-order valence-corrected chi connectivity index (χ1v) is 16.9. The predicted molar refractivity (Wildman–Crippen MR) is 181 cm³/mol. The van der Waals surface area contributed by atoms with E-state index in [-0.39, 0.29) is 29.3 Å². The van der Waals surface area contributed by atoms with Crippen LogP contribution in [0, 0.1) is 5.82 Å². The molecule has 0 aliphatic carbocycles. The summed E-state index contributed by atoms with van der Waals surface area (Å²) in [6.07, 6.45) is 0.158. The van der Waals surface area contributed by atoms with Gasteiger partial charge < -0.3 is 24.4 Å². The minimum atomic E-state index is -4.40. The van der Waals surface area contributed by atoms with E-state index in [9.17, 15) is 22.4 Å². The van der Waals surface area contributed by atoms with Gasteiger partial charge in [-0.25, -0.2) is 12.8 Å². The highest BCUT2D eigenvalue weighted by atomic mass is 32.2. The Bertz CT molecular complexity index is 1770. The number of rotatable bonds is 16. The van der Waals surface area contributed by atoms with E-state index in [1.165, 1.54) is 61.6 Å². The molecule has 48 heavy (non-hydrogen) atoms. The number of hydrogen-bond acceptors (Lipinski definition) is 7. The maximum atomic E-state index is 14.5. The van der Waals surface area contributed by atoms with Crippen LogP contribution in [0.3, 0.4) is 0 Å². The van der Waals surface area contributed by atoms with Gasteiger partial charge in [-0.3, -0.25) is 13.9 Å². The quantitative estimate of drug-likeness (QED) is 0.173. The van der Waals surface area contributed by atoms with Crippen LogP contribution in [0.2, 0.25) is 0 Å². The molecule has 12 heteroatoms. The van der Waals surface area contributed by atoms with Gasteiger partial charge in [0.1, 0.15) is 24.2 Å². The molecule has 4 aromatic carbocycles. The highest BCUT2D eigenvalue weighted by Gasteiger charge is 2.35. The monoisotopic (exact) mass is 677 g/mol. The predicted octanol–water partition coefficient (Wildman–Crippen LogP) is 5.21. The molecule has 0 saturated heterocycles. The largest absolute Gasteiger partial charge is 0.494 e. The molecular formula is C36H40FN3O7S. The second-order valence-electron chi connectivity index (χ2n) is 10.7. The number of halogens is 1. The lowest BCUT2D eigenvalue weighted by Gasteiger charge is -2.34. The Balaban J connectivity index is 1.82. The Morgan fingerprint density at radius 1 is 0.833 bits per heavy atom. The molecule has 0 fully saturated rings. The summed E-state index contributed by atoms with van der Waals surface area (Å²) in [6, 6.07) is 24.3. The number of carbonyl (C=O) groups is 2. The van der Waals surface area contributed by atoms with Crippen molar-refractivity contribution in [1.82, 2.24) is 10.2 Å². The number of methoxy groups -OCH3 is 2. The van der Waals surface area contributed by atoms with Crippen LogP contribution in [-0.2, 0) is 32.6 Å². The number of benzene rings is 4. The van der Waals surface area contributed by atoms with E-state index in [0.29, 0.717) is 30.2 Å². The standard InChI is InChI=1S/C36H40FN3O7S/c1-5-38-36(42)32(22-26-10-8-7-9-11-26)39(24-27-12-14-28(37)15-13-27)35(41)25-40(29-16-18-30(19-17-29)47-6-2)48(43,44)31-20-21-33(45-3)34(23-31)46-4/h7-21,23,32H,5-6,22,24-25H2,1-4H3,(H,38,42)/t32-/m1/s1. The molecular weight excluding hydrogens is 637 g/mol. The molecule has 0 aliphatic rings. The van der Waals surface area contributed by atoms with Crippen molar-refractivity contribution in [2.45, 2.75) is 37.8 Å². The summed E-state index contributed by atoms with van der Waals surface area (Å²) in [5.41, 5.74) is 1.55. The number of nitrogens with zero attached hydrogens (tertiary/aromatic N) is 2. The van der Waals surface area contributed by atoms with Gasteiger partial charge in [-0.05, 0) is 73.5 Å². The van der Waals surface area contributed by atoms with Gasteiger partial charge in [0.05, 0.1) is 31.4 Å². The van der Waals surface area contributed by atoms with Crippen LogP contribution in [0.5, 0.6) is 17.2 Å². The lowest BCUT2D eigenvalue weighted by Crippen LogP contribution is -2.53. The first-order valence-electron chi connectivity index (χ1n) is 15.4. The summed E-state index contributed by atoms with van der Waals surface area (Å²) in [5.74, 6) is -0.474. The topological polar surface area (TPSA) is 114 Å². The first kappa shape index (κ1) is 35.7. The summed E-state index contributed by atoms with van der Waals surface area (Å²) >= 11 is 0. The third-order valence-corrected chi connectivity index (χ3v) is 9.32. The van der Waals surface area contributed by atoms with E-state index >= 15 is 0 Å². The summed E-state index contributed by atoms with van der Waals surface area (Å²) in [5, 5.41) is 2.81. The van der Waals surface area contributed by atoms with Crippen molar-refractivity contribution in [2.24, 2.45) is 0 Å². The third kappa shape index (κ3) is 8.82. The SMILES string of the molecule is CCNC(=O)[C@@H](Cc1ccccc1)N(Cc1ccc(F)cc1)C(=O)CN(c1ccc(OCC)cc1)S(=O)(=O)c1ccc(OC)c(OC)c1. The lowest BCUT2D eigenvalue weighted by molar-refractivity contribution is -0.140. The minimum Gasteiger partial charge on any atom is -0.494 e. The molecule has 0 saturated carbocycles. The molecule has 0 spiro atoms. The molecule has 2 amide bonds. The van der Waals surface area contributed by atoms with Crippen LogP contribution in [-0.4, -0.2) is 65.1 Å². The van der Waals surface area contributed by atoms with Crippen molar-refractivity contribution in [3.63, 3.8) is 0 Å². The molecule has 10 nitrogen and oxygen atoms in total. The summed E-state index contributed by atoms with van der Waals surface area (Å²) in [6.45, 7) is 3.59. The summed E-state index contributed by atoms with van der Waals surface area (Å²) in [7, 11) is -1.57. The van der Waals surface area contributed by atoms with E-state index < -0.39 is 40.2 Å². The highest BCUT2D eigenvalue weighted by molar-refractivity contribution is 7.92. The lowest BCUT2D eigenvalue weighted by atomic mass is 10.0. The normalized spacial score (nSPS) is 11.7. The molecule has 0 aromatic heterocycles. The summed E-state index contributed by atoms with van der Waals surface area (Å²) in [4.78, 5) is 29.3. The molecule has 254 valence electrons. The molecule has 4 rings (SSSR count). The molecule has 1 atom stereocenters. The minimum absolute atomic E-state index is 0.0821. The Hall–Kier alpha value is -5.10. The van der Waals surface area contributed by atoms with Crippen molar-refractivity contribution in [2.75, 3.05) is 38.2 Å². The number of carbonyl (C=O) groups excluding carboxylic acids is 2. The van der Waals surface area contributed by atoms with Gasteiger partial charge in [0.15, 0.2) is 11.5 Å². The van der Waals surface area contributed by atoms with Crippen molar-refractivity contribution in [1.29, 1.82) is 0 Å². The van der Waals surface area contributed by atoms with E-state index in [4.69, 9.17) is 14.2 Å². The summed E-state index contributed by atoms with van der Waals surface area (Å²) < 4.78 is 59.8. The molecule has 0 heterocycles. The second kappa shape index (κ2) is 16.6. The van der Waals surface area contributed by atoms with Gasteiger partial charge in [0.25, 0.3) is 10.0 Å². The van der Waals surface area contributed by atoms with Crippen LogP contribution in [0.4, 0.5) is 10.1 Å². The van der Waals surface area contributed by atoms with Gasteiger partial charge in [-0.15, -0.1) is 0 Å². The third-order valence-electron chi connectivity index (χ3n) is 7.55. The maximum Gasteiger partial charge on any atom is 0.264 e. The molecule has 0 unspecified atom stereocenters. The van der Waals surface area contributed by atoms with Crippen molar-refractivity contribution >= 4 is 27.5 Å². The smallest absolute Gasteiger partial charge is 0.264 e. The van der Waals surface area contributed by atoms with Crippen LogP contribution in [0.1, 0.15) is 25.0 Å². The Morgan fingerprint density at radius 2 is 1.50 bits per heavy atom. The number of sulfonamides is 1. The first-order chi connectivity index (χ1) is 23.1. The zero-order valence-corrected chi connectivity index (χ0v) is 28.2. The Morgan fingerprint density at radius 3 is 2.10 bits per heavy atom. The molecule has 0 aliphatic heterocycles. The fraction of sp³-hybridized carbons (Fsp3) is 0.278. The average molecular weight is 678 g/mol. The number of hydrogen-bond donors (Lipinski definition) is 1. The number of anilines is 1. The van der Waals surface area contributed by atoms with Gasteiger partial charge in [-0.1, -0.05) is 42.5 Å². The van der Waals surface area contributed by atoms with E-state index in [2.05, 4.69) is 5.32 Å².